The molecule has 1 heterocycles. The number of nitrogens with zero attached hydrogens (tertiary/aromatic N) is 4. The summed E-state index contributed by atoms with van der Waals surface area (Å²) in [4.78, 5) is 10.8. The van der Waals surface area contributed by atoms with E-state index >= 15 is 0 Å². The summed E-state index contributed by atoms with van der Waals surface area (Å²) in [6.45, 7) is 0.142. The van der Waals surface area contributed by atoms with Crippen molar-refractivity contribution >= 4 is 27.3 Å². The number of urea groups is 1. The van der Waals surface area contributed by atoms with Gasteiger partial charge in [-0.15, -0.1) is 4.36 Å². The van der Waals surface area contributed by atoms with Gasteiger partial charge < -0.3 is 16.3 Å². The van der Waals surface area contributed by atoms with Crippen LogP contribution in [-0.2, 0) is 16.1 Å². The SMILES string of the molecule is CS(=O)(CCNc1nonc1/C(C[C@H]1Cc2ccc(F)cc21)=N/O)=NC(N)=O. The first-order chi connectivity index (χ1) is 13.3. The van der Waals surface area contributed by atoms with Crippen LogP contribution >= 0.6 is 0 Å². The highest BCUT2D eigenvalue weighted by Crippen LogP contribution is 2.39. The Bertz CT molecular complexity index is 1040. The molecule has 150 valence electrons. The van der Waals surface area contributed by atoms with Gasteiger partial charge in [0.15, 0.2) is 11.5 Å². The van der Waals surface area contributed by atoms with E-state index in [0.717, 1.165) is 17.5 Å². The second-order valence-corrected chi connectivity index (χ2v) is 8.99. The van der Waals surface area contributed by atoms with E-state index in [4.69, 9.17) is 10.4 Å². The highest BCUT2D eigenvalue weighted by Gasteiger charge is 2.30. The van der Waals surface area contributed by atoms with E-state index in [9.17, 15) is 18.6 Å². The maximum Gasteiger partial charge on any atom is 0.346 e. The lowest BCUT2D eigenvalue weighted by atomic mass is 9.74. The topological polar surface area (TPSA) is 156 Å². The number of nitrogens with two attached hydrogens (primary N) is 1. The van der Waals surface area contributed by atoms with Crippen LogP contribution in [0.25, 0.3) is 0 Å². The third-order valence-electron chi connectivity index (χ3n) is 4.39. The second-order valence-electron chi connectivity index (χ2n) is 6.48. The number of fused-ring (bicyclic) bond motifs is 1. The lowest BCUT2D eigenvalue weighted by molar-refractivity contribution is 0.257. The van der Waals surface area contributed by atoms with E-state index < -0.39 is 15.8 Å². The van der Waals surface area contributed by atoms with E-state index in [-0.39, 0.29) is 41.3 Å². The molecule has 0 saturated heterocycles. The molecule has 3 rings (SSSR count). The molecule has 28 heavy (non-hydrogen) atoms. The van der Waals surface area contributed by atoms with E-state index in [0.29, 0.717) is 6.42 Å². The molecule has 0 bridgehead atoms. The maximum atomic E-state index is 13.4. The molecule has 1 aliphatic carbocycles. The van der Waals surface area contributed by atoms with Crippen LogP contribution in [-0.4, -0.2) is 50.0 Å². The van der Waals surface area contributed by atoms with E-state index in [1.807, 2.05) is 0 Å². The van der Waals surface area contributed by atoms with Crippen molar-refractivity contribution in [3.05, 3.63) is 40.8 Å². The third kappa shape index (κ3) is 4.44. The van der Waals surface area contributed by atoms with E-state index in [1.54, 1.807) is 6.07 Å². The lowest BCUT2D eigenvalue weighted by Gasteiger charge is -2.30. The molecular formula is C16H19FN6O4S. The van der Waals surface area contributed by atoms with Crippen LogP contribution < -0.4 is 11.1 Å². The fourth-order valence-corrected chi connectivity index (χ4v) is 4.02. The molecule has 2 aromatic rings. The molecule has 2 atom stereocenters. The Hall–Kier alpha value is -3.02. The zero-order valence-electron chi connectivity index (χ0n) is 15.0. The molecule has 0 fully saturated rings. The number of aromatic nitrogens is 2. The first kappa shape index (κ1) is 19.7. The van der Waals surface area contributed by atoms with Crippen LogP contribution in [0.4, 0.5) is 15.0 Å². The molecule has 0 spiro atoms. The zero-order valence-corrected chi connectivity index (χ0v) is 15.8. The number of carbonyl (C=O) groups is 1. The lowest BCUT2D eigenvalue weighted by Crippen LogP contribution is -2.22. The number of amides is 2. The van der Waals surface area contributed by atoms with Gasteiger partial charge in [0.05, 0.1) is 9.73 Å². The molecule has 10 nitrogen and oxygen atoms in total. The van der Waals surface area contributed by atoms with Crippen molar-refractivity contribution in [2.45, 2.75) is 18.8 Å². The van der Waals surface area contributed by atoms with Crippen molar-refractivity contribution in [2.24, 2.45) is 15.3 Å². The summed E-state index contributed by atoms with van der Waals surface area (Å²) in [5, 5.41) is 23.0. The Balaban J connectivity index is 1.67. The second kappa shape index (κ2) is 7.92. The molecule has 1 aliphatic rings. The summed E-state index contributed by atoms with van der Waals surface area (Å²) in [6, 6.07) is 3.62. The number of rotatable bonds is 7. The Morgan fingerprint density at radius 2 is 2.29 bits per heavy atom. The van der Waals surface area contributed by atoms with Gasteiger partial charge in [0.2, 0.25) is 0 Å². The number of carbonyl (C=O) groups excluding carboxylic acids is 1. The average molecular weight is 410 g/mol. The van der Waals surface area contributed by atoms with Gasteiger partial charge in [-0.25, -0.2) is 18.0 Å². The smallest absolute Gasteiger partial charge is 0.346 e. The molecule has 0 radical (unpaired) electrons. The van der Waals surface area contributed by atoms with Crippen molar-refractivity contribution in [1.82, 2.24) is 10.3 Å². The monoisotopic (exact) mass is 410 g/mol. The van der Waals surface area contributed by atoms with Crippen LogP contribution in [0.3, 0.4) is 0 Å². The molecule has 12 heteroatoms. The number of halogens is 1. The summed E-state index contributed by atoms with van der Waals surface area (Å²) in [7, 11) is -2.78. The fraction of sp³-hybridized carbons (Fsp3) is 0.375. The number of oxime groups is 1. The van der Waals surface area contributed by atoms with E-state index in [1.165, 1.54) is 18.4 Å². The van der Waals surface area contributed by atoms with Gasteiger partial charge in [-0.1, -0.05) is 11.2 Å². The summed E-state index contributed by atoms with van der Waals surface area (Å²) >= 11 is 0. The summed E-state index contributed by atoms with van der Waals surface area (Å²) < 4.78 is 33.6. The number of hydrogen-bond acceptors (Lipinski definition) is 8. The number of nitrogens with one attached hydrogen (secondary N) is 1. The van der Waals surface area contributed by atoms with Crippen LogP contribution in [0.2, 0.25) is 0 Å². The summed E-state index contributed by atoms with van der Waals surface area (Å²) in [6.07, 6.45) is 2.36. The summed E-state index contributed by atoms with van der Waals surface area (Å²) in [5.74, 6) is -0.102. The maximum absolute atomic E-state index is 13.4. The van der Waals surface area contributed by atoms with Crippen LogP contribution in [0.1, 0.15) is 29.2 Å². The van der Waals surface area contributed by atoms with Crippen molar-refractivity contribution in [3.8, 4) is 0 Å². The average Bonchev–Trinajstić information content (AvgIpc) is 3.05. The largest absolute Gasteiger partial charge is 0.411 e. The molecule has 1 unspecified atom stereocenters. The first-order valence-electron chi connectivity index (χ1n) is 8.34. The van der Waals surface area contributed by atoms with Gasteiger partial charge in [-0.05, 0) is 45.9 Å². The molecule has 0 saturated carbocycles. The molecule has 1 aromatic carbocycles. The first-order valence-corrected chi connectivity index (χ1v) is 10.4. The molecule has 2 amide bonds. The van der Waals surface area contributed by atoms with Crippen molar-refractivity contribution in [2.75, 3.05) is 23.9 Å². The Morgan fingerprint density at radius 3 is 3.00 bits per heavy atom. The molecule has 1 aromatic heterocycles. The van der Waals surface area contributed by atoms with Crippen LogP contribution in [0.15, 0.2) is 32.3 Å². The number of primary amides is 1. The van der Waals surface area contributed by atoms with Gasteiger partial charge in [-0.3, -0.25) is 0 Å². The van der Waals surface area contributed by atoms with Gasteiger partial charge >= 0.3 is 6.03 Å². The number of hydrogen-bond donors (Lipinski definition) is 3. The van der Waals surface area contributed by atoms with Gasteiger partial charge in [0, 0.05) is 25.0 Å². The van der Waals surface area contributed by atoms with Gasteiger partial charge in [0.1, 0.15) is 11.5 Å². The third-order valence-corrected chi connectivity index (χ3v) is 5.92. The predicted molar refractivity (Wildman–Crippen MR) is 99.5 cm³/mol. The van der Waals surface area contributed by atoms with Crippen molar-refractivity contribution in [3.63, 3.8) is 0 Å². The quantitative estimate of drug-likeness (QED) is 0.356. The van der Waals surface area contributed by atoms with Gasteiger partial charge in [-0.2, -0.15) is 0 Å². The molecule has 0 aliphatic heterocycles. The molecular weight excluding hydrogens is 391 g/mol. The minimum atomic E-state index is -2.78. The minimum absolute atomic E-state index is 0.00936. The zero-order chi connectivity index (χ0) is 20.3. The standard InChI is InChI=1S/C16H19FN6O4S/c1-28(26,23-16(18)24)5-4-19-15-14(21-27-22-15)13(20-25)7-10-6-9-2-3-11(17)8-12(9)10/h2-3,8,10,25H,4-7H2,1H3,(H2,18,24)(H,19,22)/b20-13+/t10-,28?/m1/s1. The fourth-order valence-electron chi connectivity index (χ4n) is 3.07. The predicted octanol–water partition coefficient (Wildman–Crippen LogP) is 1.71. The van der Waals surface area contributed by atoms with Crippen molar-refractivity contribution < 1.29 is 23.2 Å². The van der Waals surface area contributed by atoms with E-state index in [2.05, 4.69) is 25.1 Å². The van der Waals surface area contributed by atoms with Crippen LogP contribution in [0, 0.1) is 5.82 Å². The van der Waals surface area contributed by atoms with Crippen molar-refractivity contribution in [1.29, 1.82) is 0 Å². The Morgan fingerprint density at radius 1 is 1.50 bits per heavy atom. The number of benzene rings is 1. The Labute approximate surface area is 160 Å². The highest BCUT2D eigenvalue weighted by molar-refractivity contribution is 7.93. The van der Waals surface area contributed by atoms with Gasteiger partial charge in [0.25, 0.3) is 0 Å². The Kier molecular flexibility index (Phi) is 5.58. The number of anilines is 1. The minimum Gasteiger partial charge on any atom is -0.411 e. The molecule has 4 N–H and O–H groups in total. The summed E-state index contributed by atoms with van der Waals surface area (Å²) in [5.41, 5.74) is 7.27. The normalized spacial score (nSPS) is 17.9. The van der Waals surface area contributed by atoms with Crippen LogP contribution in [0.5, 0.6) is 0 Å². The highest BCUT2D eigenvalue weighted by atomic mass is 32.2.